The molecule has 14 heteroatoms. The van der Waals surface area contributed by atoms with Crippen molar-refractivity contribution in [3.05, 3.63) is 89.4 Å². The molecule has 1 N–H and O–H groups in total. The number of benzene rings is 2. The average Bonchev–Trinajstić information content (AvgIpc) is 3.59. The van der Waals surface area contributed by atoms with Crippen LogP contribution >= 0.6 is 0 Å². The Kier molecular flexibility index (Phi) is 7.88. The van der Waals surface area contributed by atoms with Crippen molar-refractivity contribution in [2.75, 3.05) is 31.2 Å². The van der Waals surface area contributed by atoms with Crippen LogP contribution < -0.4 is 10.2 Å². The predicted molar refractivity (Wildman–Crippen MR) is 140 cm³/mol. The fourth-order valence-electron chi connectivity index (χ4n) is 5.49. The number of carbonyl (C=O) groups is 3. The highest BCUT2D eigenvalue weighted by Gasteiger charge is 2.54. The lowest BCUT2D eigenvalue weighted by Gasteiger charge is -2.43. The molecule has 2 aliphatic rings. The van der Waals surface area contributed by atoms with Crippen molar-refractivity contribution in [3.8, 4) is 0 Å². The minimum absolute atomic E-state index is 0.0315. The van der Waals surface area contributed by atoms with E-state index in [-0.39, 0.29) is 57.7 Å². The van der Waals surface area contributed by atoms with Gasteiger partial charge in [-0.3, -0.25) is 14.4 Å². The Morgan fingerprint density at radius 2 is 1.51 bits per heavy atom. The van der Waals surface area contributed by atoms with Crippen molar-refractivity contribution in [1.29, 1.82) is 0 Å². The third-order valence-corrected chi connectivity index (χ3v) is 7.67. The number of furan rings is 1. The Balaban J connectivity index is 1.35. The van der Waals surface area contributed by atoms with E-state index in [0.717, 1.165) is 4.90 Å². The monoisotopic (exact) mass is 608 g/mol. The molecule has 0 atom stereocenters. The SMILES string of the molecule is O=C(CN1CN(c2ccccc2)C2(CCN(C(=O)c3cc(C(F)(F)F)cc(C(F)(F)F)c3)CC2)C1=O)NCc1ccco1. The molecule has 3 aromatic rings. The fourth-order valence-corrected chi connectivity index (χ4v) is 5.49. The van der Waals surface area contributed by atoms with Crippen LogP contribution in [0.1, 0.15) is 40.1 Å². The molecule has 0 bridgehead atoms. The third-order valence-electron chi connectivity index (χ3n) is 7.67. The van der Waals surface area contributed by atoms with Gasteiger partial charge in [0, 0.05) is 24.3 Å². The van der Waals surface area contributed by atoms with E-state index in [2.05, 4.69) is 5.32 Å². The highest BCUT2D eigenvalue weighted by Crippen LogP contribution is 2.41. The molecule has 1 spiro atoms. The van der Waals surface area contributed by atoms with Crippen molar-refractivity contribution >= 4 is 23.4 Å². The van der Waals surface area contributed by atoms with Gasteiger partial charge in [0.15, 0.2) is 0 Å². The zero-order valence-corrected chi connectivity index (χ0v) is 22.5. The summed E-state index contributed by atoms with van der Waals surface area (Å²) in [6.45, 7) is -0.274. The molecule has 2 saturated heterocycles. The van der Waals surface area contributed by atoms with E-state index in [4.69, 9.17) is 4.42 Å². The van der Waals surface area contributed by atoms with Crippen molar-refractivity contribution in [3.63, 3.8) is 0 Å². The summed E-state index contributed by atoms with van der Waals surface area (Å²) in [6.07, 6.45) is -8.64. The molecule has 2 aromatic carbocycles. The van der Waals surface area contributed by atoms with Crippen molar-refractivity contribution in [2.45, 2.75) is 37.3 Å². The Morgan fingerprint density at radius 3 is 2.07 bits per heavy atom. The summed E-state index contributed by atoms with van der Waals surface area (Å²) in [5.74, 6) is -1.26. The molecule has 3 heterocycles. The van der Waals surface area contributed by atoms with Gasteiger partial charge >= 0.3 is 12.4 Å². The van der Waals surface area contributed by atoms with Crippen molar-refractivity contribution in [1.82, 2.24) is 15.1 Å². The Hall–Kier alpha value is -4.49. The number of amides is 3. The van der Waals surface area contributed by atoms with Crippen LogP contribution in [0.15, 0.2) is 71.3 Å². The summed E-state index contributed by atoms with van der Waals surface area (Å²) in [5, 5.41) is 2.69. The number of hydrogen-bond donors (Lipinski definition) is 1. The van der Waals surface area contributed by atoms with Crippen LogP contribution in [-0.2, 0) is 28.5 Å². The Labute approximate surface area is 241 Å². The third kappa shape index (κ3) is 6.18. The molecule has 43 heavy (non-hydrogen) atoms. The first-order valence-corrected chi connectivity index (χ1v) is 13.3. The zero-order chi connectivity index (χ0) is 31.0. The number of alkyl halides is 6. The first-order chi connectivity index (χ1) is 20.3. The maximum atomic E-state index is 13.8. The summed E-state index contributed by atoms with van der Waals surface area (Å²) in [5.41, 5.74) is -4.40. The van der Waals surface area contributed by atoms with E-state index in [1.807, 2.05) is 4.90 Å². The molecule has 0 unspecified atom stereocenters. The van der Waals surface area contributed by atoms with E-state index in [1.54, 1.807) is 42.5 Å². The van der Waals surface area contributed by atoms with E-state index in [9.17, 15) is 40.7 Å². The maximum Gasteiger partial charge on any atom is 0.416 e. The van der Waals surface area contributed by atoms with Gasteiger partial charge in [0.1, 0.15) is 17.8 Å². The maximum absolute atomic E-state index is 13.8. The molecule has 0 aliphatic carbocycles. The lowest BCUT2D eigenvalue weighted by molar-refractivity contribution is -0.143. The number of carbonyl (C=O) groups excluding carboxylic acids is 3. The van der Waals surface area contributed by atoms with Gasteiger partial charge in [-0.15, -0.1) is 0 Å². The second kappa shape index (κ2) is 11.3. The number of hydrogen-bond acceptors (Lipinski definition) is 5. The lowest BCUT2D eigenvalue weighted by Crippen LogP contribution is -2.57. The van der Waals surface area contributed by atoms with Gasteiger partial charge in [0.2, 0.25) is 5.91 Å². The molecule has 1 aromatic heterocycles. The fraction of sp³-hybridized carbons (Fsp3) is 0.345. The number of anilines is 1. The zero-order valence-electron chi connectivity index (χ0n) is 22.5. The number of halogens is 6. The molecule has 2 aliphatic heterocycles. The quantitative estimate of drug-likeness (QED) is 0.402. The molecular formula is C29H26F6N4O4. The van der Waals surface area contributed by atoms with Crippen molar-refractivity contribution < 1.29 is 45.1 Å². The first-order valence-electron chi connectivity index (χ1n) is 13.3. The average molecular weight is 609 g/mol. The molecule has 5 rings (SSSR count). The number of nitrogens with zero attached hydrogens (tertiary/aromatic N) is 3. The van der Waals surface area contributed by atoms with Crippen LogP contribution in [0.4, 0.5) is 32.0 Å². The van der Waals surface area contributed by atoms with Crippen LogP contribution in [0, 0.1) is 0 Å². The van der Waals surface area contributed by atoms with Gasteiger partial charge in [-0.05, 0) is 55.3 Å². The van der Waals surface area contributed by atoms with Gasteiger partial charge in [-0.25, -0.2) is 0 Å². The van der Waals surface area contributed by atoms with E-state index in [1.165, 1.54) is 11.2 Å². The molecule has 3 amide bonds. The lowest BCUT2D eigenvalue weighted by atomic mass is 9.85. The Morgan fingerprint density at radius 1 is 0.884 bits per heavy atom. The predicted octanol–water partition coefficient (Wildman–Crippen LogP) is 4.91. The molecule has 2 fully saturated rings. The van der Waals surface area contributed by atoms with Crippen LogP contribution in [0.5, 0.6) is 0 Å². The smallest absolute Gasteiger partial charge is 0.416 e. The van der Waals surface area contributed by atoms with Crippen LogP contribution in [0.25, 0.3) is 0 Å². The minimum atomic E-state index is -5.09. The molecule has 228 valence electrons. The van der Waals surface area contributed by atoms with Gasteiger partial charge in [0.05, 0.1) is 30.6 Å². The number of rotatable bonds is 6. The highest BCUT2D eigenvalue weighted by molar-refractivity contribution is 5.98. The van der Waals surface area contributed by atoms with Gasteiger partial charge < -0.3 is 24.4 Å². The van der Waals surface area contributed by atoms with Crippen LogP contribution in [0.3, 0.4) is 0 Å². The summed E-state index contributed by atoms with van der Waals surface area (Å²) in [4.78, 5) is 44.0. The molecule has 8 nitrogen and oxygen atoms in total. The van der Waals surface area contributed by atoms with Crippen LogP contribution in [-0.4, -0.2) is 59.4 Å². The summed E-state index contributed by atoms with van der Waals surface area (Å²) in [7, 11) is 0. The highest BCUT2D eigenvalue weighted by atomic mass is 19.4. The van der Waals surface area contributed by atoms with Crippen LogP contribution in [0.2, 0.25) is 0 Å². The van der Waals surface area contributed by atoms with Crippen molar-refractivity contribution in [2.24, 2.45) is 0 Å². The van der Waals surface area contributed by atoms with E-state index >= 15 is 0 Å². The van der Waals surface area contributed by atoms with Gasteiger partial charge in [0.25, 0.3) is 11.8 Å². The minimum Gasteiger partial charge on any atom is -0.467 e. The van der Waals surface area contributed by atoms with E-state index in [0.29, 0.717) is 23.6 Å². The topological polar surface area (TPSA) is 86.1 Å². The molecule has 0 saturated carbocycles. The Bertz CT molecular complexity index is 1450. The summed E-state index contributed by atoms with van der Waals surface area (Å²) < 4.78 is 85.4. The van der Waals surface area contributed by atoms with E-state index < -0.39 is 46.4 Å². The normalized spacial score (nSPS) is 17.1. The first kappa shape index (κ1) is 30.0. The summed E-state index contributed by atoms with van der Waals surface area (Å²) in [6, 6.07) is 13.0. The number of nitrogens with one attached hydrogen (secondary N) is 1. The standard InChI is InChI=1S/C29H26F6N4O4/c30-28(31,32)20-13-19(14-21(15-20)29(33,34)35)25(41)37-10-8-27(9-11-37)26(42)38(18-39(27)22-5-2-1-3-6-22)17-24(40)36-16-23-7-4-12-43-23/h1-7,12-15H,8-11,16-18H2,(H,36,40). The van der Waals surface area contributed by atoms with Gasteiger partial charge in [-0.2, -0.15) is 26.3 Å². The number of para-hydroxylation sites is 1. The van der Waals surface area contributed by atoms with Gasteiger partial charge in [-0.1, -0.05) is 18.2 Å². The second-order valence-corrected chi connectivity index (χ2v) is 10.4. The largest absolute Gasteiger partial charge is 0.467 e. The second-order valence-electron chi connectivity index (χ2n) is 10.4. The number of likely N-dealkylation sites (tertiary alicyclic amines) is 1. The number of piperidine rings is 1. The molecular weight excluding hydrogens is 582 g/mol. The summed E-state index contributed by atoms with van der Waals surface area (Å²) >= 11 is 0. The molecule has 0 radical (unpaired) electrons.